The average molecular weight is 639 g/mol. The van der Waals surface area contributed by atoms with Gasteiger partial charge in [-0.05, 0) is 68.1 Å². The molecule has 0 spiro atoms. The van der Waals surface area contributed by atoms with Crippen molar-refractivity contribution >= 4 is 21.5 Å². The maximum Gasteiger partial charge on any atom is 0.164 e. The highest BCUT2D eigenvalue weighted by Gasteiger charge is 2.18. The molecule has 0 bridgehead atoms. The highest BCUT2D eigenvalue weighted by molar-refractivity contribution is 6.13. The first-order valence-electron chi connectivity index (χ1n) is 16.7. The van der Waals surface area contributed by atoms with Crippen molar-refractivity contribution in [3.63, 3.8) is 0 Å². The van der Waals surface area contributed by atoms with E-state index in [4.69, 9.17) is 19.9 Å². The van der Waals surface area contributed by atoms with Gasteiger partial charge in [0.2, 0.25) is 0 Å². The molecule has 0 saturated carbocycles. The van der Waals surface area contributed by atoms with Crippen molar-refractivity contribution in [2.75, 3.05) is 0 Å². The Kier molecular flexibility index (Phi) is 7.45. The van der Waals surface area contributed by atoms with E-state index in [0.717, 1.165) is 50.1 Å². The third-order valence-corrected chi connectivity index (χ3v) is 9.20. The van der Waals surface area contributed by atoms with E-state index < -0.39 is 0 Å². The van der Waals surface area contributed by atoms with Crippen LogP contribution in [0, 0.1) is 0 Å². The van der Waals surface area contributed by atoms with Crippen LogP contribution >= 0.6 is 0 Å². The summed E-state index contributed by atoms with van der Waals surface area (Å²) < 4.78 is 0. The normalized spacial score (nSPS) is 11.2. The molecule has 0 saturated heterocycles. The van der Waals surface area contributed by atoms with Crippen LogP contribution < -0.4 is 0 Å². The second kappa shape index (κ2) is 12.7. The molecular weight excluding hydrogens is 609 g/mol. The SMILES string of the molecule is c1ccc(-c2ccc(-c3nc(-c4ccccc4)nc(-c4ccccc4)n3)c(-c3cncc(-c4cc5ccccc5c5ccccc45)c3)c2)cc1. The summed E-state index contributed by atoms with van der Waals surface area (Å²) in [6, 6.07) is 58.9. The number of fused-ring (bicyclic) bond motifs is 3. The molecule has 4 heteroatoms. The van der Waals surface area contributed by atoms with Gasteiger partial charge in [-0.25, -0.2) is 15.0 Å². The van der Waals surface area contributed by atoms with Crippen LogP contribution in [0.25, 0.3) is 89.1 Å². The first-order valence-corrected chi connectivity index (χ1v) is 16.7. The molecule has 0 aliphatic heterocycles. The number of hydrogen-bond donors (Lipinski definition) is 0. The lowest BCUT2D eigenvalue weighted by Gasteiger charge is -2.15. The average Bonchev–Trinajstić information content (AvgIpc) is 3.21. The molecule has 9 rings (SSSR count). The molecule has 9 aromatic rings. The molecule has 0 radical (unpaired) electrons. The molecule has 0 unspecified atom stereocenters. The van der Waals surface area contributed by atoms with Gasteiger partial charge in [0, 0.05) is 40.2 Å². The van der Waals surface area contributed by atoms with Crippen molar-refractivity contribution in [3.8, 4) is 67.5 Å². The standard InChI is InChI=1S/C46H30N4/c1-4-14-31(15-5-1)34-24-25-41(46-49-44(32-16-6-2-7-17-32)48-45(50-46)33-18-8-3-9-19-33)43(27-34)37-26-36(29-47-30-37)42-28-35-20-10-11-21-38(35)39-22-12-13-23-40(39)42/h1-30H. The van der Waals surface area contributed by atoms with Crippen LogP contribution in [0.5, 0.6) is 0 Å². The number of nitrogens with zero attached hydrogens (tertiary/aromatic N) is 4. The lowest BCUT2D eigenvalue weighted by Crippen LogP contribution is -2.01. The number of hydrogen-bond acceptors (Lipinski definition) is 4. The second-order valence-electron chi connectivity index (χ2n) is 12.3. The molecule has 0 aliphatic rings. The number of aromatic nitrogens is 4. The summed E-state index contributed by atoms with van der Waals surface area (Å²) >= 11 is 0. The van der Waals surface area contributed by atoms with E-state index in [1.54, 1.807) is 0 Å². The fourth-order valence-corrected chi connectivity index (χ4v) is 6.74. The van der Waals surface area contributed by atoms with Gasteiger partial charge in [-0.1, -0.05) is 146 Å². The maximum atomic E-state index is 5.10. The number of pyridine rings is 1. The van der Waals surface area contributed by atoms with Gasteiger partial charge in [0.15, 0.2) is 17.5 Å². The predicted molar refractivity (Wildman–Crippen MR) is 205 cm³/mol. The minimum absolute atomic E-state index is 0.605. The summed E-state index contributed by atoms with van der Waals surface area (Å²) in [5, 5.41) is 4.86. The fourth-order valence-electron chi connectivity index (χ4n) is 6.74. The molecule has 2 aromatic heterocycles. The summed E-state index contributed by atoms with van der Waals surface area (Å²) in [6.07, 6.45) is 3.91. The number of benzene rings is 7. The van der Waals surface area contributed by atoms with Gasteiger partial charge in [0.25, 0.3) is 0 Å². The maximum absolute atomic E-state index is 5.10. The molecule has 0 amide bonds. The summed E-state index contributed by atoms with van der Waals surface area (Å²) in [5.41, 5.74) is 9.18. The van der Waals surface area contributed by atoms with E-state index in [-0.39, 0.29) is 0 Å². The van der Waals surface area contributed by atoms with Gasteiger partial charge in [0.1, 0.15) is 0 Å². The van der Waals surface area contributed by atoms with Crippen LogP contribution in [0.1, 0.15) is 0 Å². The molecule has 0 fully saturated rings. The van der Waals surface area contributed by atoms with Gasteiger partial charge >= 0.3 is 0 Å². The zero-order valence-corrected chi connectivity index (χ0v) is 27.1. The van der Waals surface area contributed by atoms with Gasteiger partial charge in [0.05, 0.1) is 0 Å². The number of rotatable bonds is 6. The predicted octanol–water partition coefficient (Wildman–Crippen LogP) is 11.6. The van der Waals surface area contributed by atoms with Crippen LogP contribution in [0.4, 0.5) is 0 Å². The first-order chi connectivity index (χ1) is 24.8. The molecular formula is C46H30N4. The Hall–Kier alpha value is -6.78. The Morgan fingerprint density at radius 3 is 1.46 bits per heavy atom. The van der Waals surface area contributed by atoms with Gasteiger partial charge in [-0.15, -0.1) is 0 Å². The first kappa shape index (κ1) is 29.4. The van der Waals surface area contributed by atoms with Crippen molar-refractivity contribution in [1.82, 2.24) is 19.9 Å². The van der Waals surface area contributed by atoms with Crippen molar-refractivity contribution in [1.29, 1.82) is 0 Å². The Bertz CT molecular complexity index is 2580. The Morgan fingerprint density at radius 1 is 0.280 bits per heavy atom. The van der Waals surface area contributed by atoms with Crippen molar-refractivity contribution in [3.05, 3.63) is 182 Å². The molecule has 50 heavy (non-hydrogen) atoms. The minimum atomic E-state index is 0.605. The van der Waals surface area contributed by atoms with Crippen LogP contribution in [0.2, 0.25) is 0 Å². The van der Waals surface area contributed by atoms with Crippen molar-refractivity contribution < 1.29 is 0 Å². The summed E-state index contributed by atoms with van der Waals surface area (Å²) in [4.78, 5) is 20.0. The van der Waals surface area contributed by atoms with Crippen LogP contribution in [-0.4, -0.2) is 19.9 Å². The summed E-state index contributed by atoms with van der Waals surface area (Å²) in [7, 11) is 0. The lowest BCUT2D eigenvalue weighted by atomic mass is 9.91. The lowest BCUT2D eigenvalue weighted by molar-refractivity contribution is 1.07. The topological polar surface area (TPSA) is 51.6 Å². The quantitative estimate of drug-likeness (QED) is 0.170. The molecule has 0 aliphatic carbocycles. The largest absolute Gasteiger partial charge is 0.263 e. The Balaban J connectivity index is 1.27. The molecule has 4 nitrogen and oxygen atoms in total. The third-order valence-electron chi connectivity index (χ3n) is 9.20. The molecule has 7 aromatic carbocycles. The zero-order chi connectivity index (χ0) is 33.3. The second-order valence-corrected chi connectivity index (χ2v) is 12.3. The van der Waals surface area contributed by atoms with Gasteiger partial charge < -0.3 is 0 Å². The smallest absolute Gasteiger partial charge is 0.164 e. The highest BCUT2D eigenvalue weighted by atomic mass is 15.0. The summed E-state index contributed by atoms with van der Waals surface area (Å²) in [5.74, 6) is 1.86. The molecule has 0 atom stereocenters. The van der Waals surface area contributed by atoms with Crippen LogP contribution in [0.15, 0.2) is 182 Å². The van der Waals surface area contributed by atoms with Gasteiger partial charge in [-0.3, -0.25) is 4.98 Å². The van der Waals surface area contributed by atoms with E-state index in [0.29, 0.717) is 17.5 Å². The summed E-state index contributed by atoms with van der Waals surface area (Å²) in [6.45, 7) is 0. The van der Waals surface area contributed by atoms with Gasteiger partial charge in [-0.2, -0.15) is 0 Å². The molecule has 2 heterocycles. The van der Waals surface area contributed by atoms with E-state index in [9.17, 15) is 0 Å². The van der Waals surface area contributed by atoms with E-state index >= 15 is 0 Å². The zero-order valence-electron chi connectivity index (χ0n) is 27.1. The third kappa shape index (κ3) is 5.49. The minimum Gasteiger partial charge on any atom is -0.263 e. The van der Waals surface area contributed by atoms with Crippen molar-refractivity contribution in [2.45, 2.75) is 0 Å². The monoisotopic (exact) mass is 638 g/mol. The Morgan fingerprint density at radius 2 is 0.800 bits per heavy atom. The van der Waals surface area contributed by atoms with E-state index in [2.05, 4.69) is 103 Å². The van der Waals surface area contributed by atoms with E-state index in [1.165, 1.54) is 21.5 Å². The van der Waals surface area contributed by atoms with E-state index in [1.807, 2.05) is 79.1 Å². The fraction of sp³-hybridized carbons (Fsp3) is 0. The van der Waals surface area contributed by atoms with Crippen LogP contribution in [0.3, 0.4) is 0 Å². The molecule has 234 valence electrons. The van der Waals surface area contributed by atoms with Crippen LogP contribution in [-0.2, 0) is 0 Å². The van der Waals surface area contributed by atoms with Crippen molar-refractivity contribution in [2.24, 2.45) is 0 Å². The molecule has 0 N–H and O–H groups in total. The highest BCUT2D eigenvalue weighted by Crippen LogP contribution is 2.39. The Labute approximate surface area is 290 Å².